The fraction of sp³-hybridized carbons (Fsp3) is 0.385. The largest absolute Gasteiger partial charge is 0.473 e. The fourth-order valence-corrected chi connectivity index (χ4v) is 2.08. The first-order valence-electron chi connectivity index (χ1n) is 6.27. The highest BCUT2D eigenvalue weighted by atomic mass is 32.1. The number of ether oxygens (including phenoxy) is 1. The number of benzene rings is 1. The molecule has 1 aromatic heterocycles. The van der Waals surface area contributed by atoms with Crippen LogP contribution in [0.5, 0.6) is 5.88 Å². The van der Waals surface area contributed by atoms with Crippen molar-refractivity contribution in [3.63, 3.8) is 0 Å². The topological polar surface area (TPSA) is 87.5 Å². The number of hydrogen-bond acceptors (Lipinski definition) is 7. The molecule has 0 aliphatic carbocycles. The Morgan fingerprint density at radius 1 is 1.30 bits per heavy atom. The van der Waals surface area contributed by atoms with Crippen molar-refractivity contribution in [1.29, 1.82) is 0 Å². The minimum Gasteiger partial charge on any atom is -0.473 e. The van der Waals surface area contributed by atoms with Crippen molar-refractivity contribution in [3.8, 4) is 5.88 Å². The smallest absolute Gasteiger partial charge is 0.245 e. The molecule has 2 rings (SSSR count). The van der Waals surface area contributed by atoms with Crippen LogP contribution in [0.4, 0.5) is 0 Å². The minimum atomic E-state index is -0.686. The SMILES string of the molecule is OCC(NCC(O)COc1cnsn1)c1ccccc1. The summed E-state index contributed by atoms with van der Waals surface area (Å²) >= 11 is 1.06. The Bertz CT molecular complexity index is 481. The molecule has 2 atom stereocenters. The molecule has 0 aliphatic rings. The van der Waals surface area contributed by atoms with Crippen molar-refractivity contribution in [1.82, 2.24) is 14.1 Å². The number of aromatic nitrogens is 2. The van der Waals surface area contributed by atoms with Gasteiger partial charge in [-0.3, -0.25) is 0 Å². The van der Waals surface area contributed by atoms with E-state index in [0.29, 0.717) is 12.4 Å². The van der Waals surface area contributed by atoms with E-state index in [0.717, 1.165) is 17.3 Å². The fourth-order valence-electron chi connectivity index (χ4n) is 1.71. The van der Waals surface area contributed by atoms with Gasteiger partial charge in [0.05, 0.1) is 24.4 Å². The van der Waals surface area contributed by atoms with Crippen LogP contribution in [0, 0.1) is 0 Å². The maximum absolute atomic E-state index is 9.83. The normalized spacial score (nSPS) is 13.9. The van der Waals surface area contributed by atoms with E-state index in [-0.39, 0.29) is 19.3 Å². The monoisotopic (exact) mass is 295 g/mol. The van der Waals surface area contributed by atoms with Gasteiger partial charge in [0.25, 0.3) is 0 Å². The number of nitrogens with one attached hydrogen (secondary N) is 1. The predicted octanol–water partition coefficient (Wildman–Crippen LogP) is 0.601. The summed E-state index contributed by atoms with van der Waals surface area (Å²) in [5.74, 6) is 0.413. The van der Waals surface area contributed by atoms with Crippen LogP contribution in [0.1, 0.15) is 11.6 Å². The molecule has 108 valence electrons. The van der Waals surface area contributed by atoms with Crippen LogP contribution in [0.2, 0.25) is 0 Å². The van der Waals surface area contributed by atoms with Crippen LogP contribution < -0.4 is 10.1 Å². The van der Waals surface area contributed by atoms with E-state index in [4.69, 9.17) is 4.74 Å². The van der Waals surface area contributed by atoms with E-state index in [2.05, 4.69) is 14.1 Å². The van der Waals surface area contributed by atoms with Crippen LogP contribution in [-0.2, 0) is 0 Å². The molecule has 1 heterocycles. The Morgan fingerprint density at radius 2 is 2.10 bits per heavy atom. The van der Waals surface area contributed by atoms with Crippen molar-refractivity contribution in [2.45, 2.75) is 12.1 Å². The van der Waals surface area contributed by atoms with E-state index in [9.17, 15) is 10.2 Å². The van der Waals surface area contributed by atoms with Crippen LogP contribution in [0.3, 0.4) is 0 Å². The van der Waals surface area contributed by atoms with E-state index in [1.54, 1.807) is 0 Å². The average Bonchev–Trinajstić information content (AvgIpc) is 3.00. The lowest BCUT2D eigenvalue weighted by Crippen LogP contribution is -2.35. The highest BCUT2D eigenvalue weighted by Gasteiger charge is 2.12. The average molecular weight is 295 g/mol. The van der Waals surface area contributed by atoms with E-state index >= 15 is 0 Å². The third kappa shape index (κ3) is 4.53. The maximum atomic E-state index is 9.83. The Hall–Kier alpha value is -1.54. The van der Waals surface area contributed by atoms with Gasteiger partial charge in [0.2, 0.25) is 5.88 Å². The van der Waals surface area contributed by atoms with Gasteiger partial charge < -0.3 is 20.3 Å². The van der Waals surface area contributed by atoms with Gasteiger partial charge >= 0.3 is 0 Å². The number of nitrogens with zero attached hydrogens (tertiary/aromatic N) is 2. The Morgan fingerprint density at radius 3 is 2.75 bits per heavy atom. The lowest BCUT2D eigenvalue weighted by molar-refractivity contribution is 0.0979. The molecule has 0 bridgehead atoms. The molecule has 0 radical (unpaired) electrons. The molecule has 0 aliphatic heterocycles. The van der Waals surface area contributed by atoms with Crippen LogP contribution in [0.25, 0.3) is 0 Å². The molecule has 20 heavy (non-hydrogen) atoms. The van der Waals surface area contributed by atoms with Crippen molar-refractivity contribution >= 4 is 11.7 Å². The molecule has 0 saturated carbocycles. The van der Waals surface area contributed by atoms with Gasteiger partial charge in [-0.05, 0) is 5.56 Å². The molecule has 3 N–H and O–H groups in total. The Kier molecular flexibility index (Phi) is 5.87. The third-order valence-electron chi connectivity index (χ3n) is 2.75. The zero-order valence-electron chi connectivity index (χ0n) is 10.8. The standard InChI is InChI=1S/C13H17N3O3S/c17-8-12(10-4-2-1-3-5-10)14-6-11(18)9-19-13-7-15-20-16-13/h1-5,7,11-12,14,17-18H,6,8-9H2. The Labute approximate surface area is 121 Å². The summed E-state index contributed by atoms with van der Waals surface area (Å²) in [6.07, 6.45) is 0.820. The quantitative estimate of drug-likeness (QED) is 0.661. The molecular weight excluding hydrogens is 278 g/mol. The second kappa shape index (κ2) is 7.91. The number of aliphatic hydroxyl groups excluding tert-OH is 2. The summed E-state index contributed by atoms with van der Waals surface area (Å²) in [4.78, 5) is 0. The first-order valence-corrected chi connectivity index (χ1v) is 7.00. The molecule has 0 saturated heterocycles. The van der Waals surface area contributed by atoms with Crippen molar-refractivity contribution in [2.24, 2.45) is 0 Å². The highest BCUT2D eigenvalue weighted by Crippen LogP contribution is 2.11. The van der Waals surface area contributed by atoms with Crippen LogP contribution in [-0.4, -0.2) is 44.8 Å². The molecule has 6 nitrogen and oxygen atoms in total. The summed E-state index contributed by atoms with van der Waals surface area (Å²) in [6.45, 7) is 0.413. The summed E-state index contributed by atoms with van der Waals surface area (Å²) < 4.78 is 13.0. The van der Waals surface area contributed by atoms with Crippen LogP contribution >= 0.6 is 11.7 Å². The van der Waals surface area contributed by atoms with Crippen molar-refractivity contribution < 1.29 is 14.9 Å². The van der Waals surface area contributed by atoms with E-state index in [1.165, 1.54) is 6.20 Å². The molecule has 1 aromatic carbocycles. The molecule has 0 spiro atoms. The molecule has 2 aromatic rings. The van der Waals surface area contributed by atoms with Gasteiger partial charge in [0, 0.05) is 6.54 Å². The maximum Gasteiger partial charge on any atom is 0.245 e. The number of aliphatic hydroxyl groups is 2. The first kappa shape index (κ1) is 14.9. The lowest BCUT2D eigenvalue weighted by atomic mass is 10.1. The predicted molar refractivity (Wildman–Crippen MR) is 75.7 cm³/mol. The van der Waals surface area contributed by atoms with Gasteiger partial charge in [-0.15, -0.1) is 4.37 Å². The molecule has 2 unspecified atom stereocenters. The van der Waals surface area contributed by atoms with E-state index in [1.807, 2.05) is 30.3 Å². The first-order chi connectivity index (χ1) is 9.79. The summed E-state index contributed by atoms with van der Waals surface area (Å²) in [6, 6.07) is 9.40. The second-order valence-electron chi connectivity index (χ2n) is 4.26. The number of rotatable bonds is 8. The molecule has 0 amide bonds. The molecular formula is C13H17N3O3S. The molecule has 0 fully saturated rings. The van der Waals surface area contributed by atoms with Crippen molar-refractivity contribution in [2.75, 3.05) is 19.8 Å². The van der Waals surface area contributed by atoms with Gasteiger partial charge in [-0.25, -0.2) is 0 Å². The Balaban J connectivity index is 1.75. The minimum absolute atomic E-state index is 0.0341. The summed E-state index contributed by atoms with van der Waals surface area (Å²) in [5.41, 5.74) is 0.979. The summed E-state index contributed by atoms with van der Waals surface area (Å²) in [5, 5.41) is 22.3. The van der Waals surface area contributed by atoms with Gasteiger partial charge in [0.1, 0.15) is 18.9 Å². The van der Waals surface area contributed by atoms with Gasteiger partial charge in [0.15, 0.2) is 0 Å². The lowest BCUT2D eigenvalue weighted by Gasteiger charge is -2.19. The summed E-state index contributed by atoms with van der Waals surface area (Å²) in [7, 11) is 0. The zero-order chi connectivity index (χ0) is 14.2. The number of hydrogen-bond donors (Lipinski definition) is 3. The van der Waals surface area contributed by atoms with Gasteiger partial charge in [-0.1, -0.05) is 30.3 Å². The highest BCUT2D eigenvalue weighted by molar-refractivity contribution is 6.99. The second-order valence-corrected chi connectivity index (χ2v) is 4.82. The zero-order valence-corrected chi connectivity index (χ0v) is 11.7. The van der Waals surface area contributed by atoms with Gasteiger partial charge in [-0.2, -0.15) is 4.37 Å². The third-order valence-corrected chi connectivity index (χ3v) is 3.21. The van der Waals surface area contributed by atoms with E-state index < -0.39 is 6.10 Å². The molecule has 7 heteroatoms. The van der Waals surface area contributed by atoms with Crippen molar-refractivity contribution in [3.05, 3.63) is 42.1 Å². The van der Waals surface area contributed by atoms with Crippen LogP contribution in [0.15, 0.2) is 36.5 Å².